The quantitative estimate of drug-likeness (QED) is 0.817. The molecule has 1 aromatic heterocycles. The summed E-state index contributed by atoms with van der Waals surface area (Å²) in [6.07, 6.45) is 3.01. The summed E-state index contributed by atoms with van der Waals surface area (Å²) in [4.78, 5) is 2.82. The largest absolute Gasteiger partial charge is 0.310 e. The van der Waals surface area contributed by atoms with E-state index >= 15 is 0 Å². The topological polar surface area (TPSA) is 12.0 Å². The first-order chi connectivity index (χ1) is 6.72. The van der Waals surface area contributed by atoms with Crippen molar-refractivity contribution in [2.75, 3.05) is 6.54 Å². The first-order valence-electron chi connectivity index (χ1n) is 4.76. The molecule has 3 heteroatoms. The molecule has 1 atom stereocenters. The molecule has 0 fully saturated rings. The van der Waals surface area contributed by atoms with Crippen molar-refractivity contribution in [1.29, 1.82) is 0 Å². The van der Waals surface area contributed by atoms with Crippen LogP contribution in [0.25, 0.3) is 0 Å². The fourth-order valence-corrected chi connectivity index (χ4v) is 2.39. The van der Waals surface area contributed by atoms with Crippen LogP contribution in [0.4, 0.5) is 0 Å². The third-order valence-electron chi connectivity index (χ3n) is 1.98. The smallest absolute Gasteiger partial charge is 0.0149 e. The fraction of sp³-hybridized carbons (Fsp3) is 0.455. The van der Waals surface area contributed by atoms with Crippen LogP contribution in [-0.4, -0.2) is 12.6 Å². The van der Waals surface area contributed by atoms with Gasteiger partial charge in [-0.05, 0) is 32.4 Å². The van der Waals surface area contributed by atoms with Crippen LogP contribution >= 0.6 is 22.9 Å². The predicted octanol–water partition coefficient (Wildman–Crippen LogP) is 3.33. The summed E-state index contributed by atoms with van der Waals surface area (Å²) in [6.45, 7) is 5.18. The summed E-state index contributed by atoms with van der Waals surface area (Å²) < 4.78 is 0. The second kappa shape index (κ2) is 6.23. The van der Waals surface area contributed by atoms with Gasteiger partial charge in [0, 0.05) is 27.9 Å². The summed E-state index contributed by atoms with van der Waals surface area (Å²) >= 11 is 7.30. The van der Waals surface area contributed by atoms with E-state index in [1.165, 1.54) is 9.75 Å². The Bertz CT molecular complexity index is 293. The highest BCUT2D eigenvalue weighted by Gasteiger charge is 2.03. The van der Waals surface area contributed by atoms with Crippen LogP contribution in [0.5, 0.6) is 0 Å². The van der Waals surface area contributed by atoms with Crippen LogP contribution in [0.1, 0.15) is 16.7 Å². The Balaban J connectivity index is 2.30. The van der Waals surface area contributed by atoms with Gasteiger partial charge in [-0.3, -0.25) is 0 Å². The fourth-order valence-electron chi connectivity index (χ4n) is 1.28. The van der Waals surface area contributed by atoms with E-state index in [0.717, 1.165) is 13.0 Å². The molecule has 0 spiro atoms. The van der Waals surface area contributed by atoms with Crippen molar-refractivity contribution in [3.63, 3.8) is 0 Å². The van der Waals surface area contributed by atoms with Gasteiger partial charge < -0.3 is 5.32 Å². The molecule has 1 rings (SSSR count). The Kier molecular flexibility index (Phi) is 5.23. The number of thiophene rings is 1. The van der Waals surface area contributed by atoms with Gasteiger partial charge in [0.25, 0.3) is 0 Å². The number of aryl methyl sites for hydroxylation is 1. The minimum Gasteiger partial charge on any atom is -0.310 e. The van der Waals surface area contributed by atoms with Gasteiger partial charge in [-0.15, -0.1) is 11.3 Å². The molecule has 14 heavy (non-hydrogen) atoms. The second-order valence-electron chi connectivity index (χ2n) is 3.39. The molecule has 78 valence electrons. The summed E-state index contributed by atoms with van der Waals surface area (Å²) in [5, 5.41) is 3.38. The minimum atomic E-state index is 0.501. The van der Waals surface area contributed by atoms with E-state index in [4.69, 9.17) is 11.6 Å². The zero-order valence-corrected chi connectivity index (χ0v) is 10.2. The standard InChI is InChI=1S/C11H16ClNS/c1-9(13-7-3-6-12)8-11-5-4-10(2)14-11/h3-6,9,13H,7-8H2,1-2H3/b6-3+. The molecule has 0 aliphatic rings. The van der Waals surface area contributed by atoms with Crippen molar-refractivity contribution in [1.82, 2.24) is 5.32 Å². The van der Waals surface area contributed by atoms with Gasteiger partial charge in [-0.25, -0.2) is 0 Å². The van der Waals surface area contributed by atoms with Gasteiger partial charge in [0.2, 0.25) is 0 Å². The molecule has 0 aliphatic heterocycles. The molecule has 0 radical (unpaired) electrons. The van der Waals surface area contributed by atoms with Gasteiger partial charge in [0.1, 0.15) is 0 Å². The van der Waals surface area contributed by atoms with Crippen molar-refractivity contribution < 1.29 is 0 Å². The molecule has 1 heterocycles. The molecular weight excluding hydrogens is 214 g/mol. The van der Waals surface area contributed by atoms with Crippen LogP contribution < -0.4 is 5.32 Å². The first kappa shape index (κ1) is 11.8. The Morgan fingerprint density at radius 1 is 1.57 bits per heavy atom. The van der Waals surface area contributed by atoms with E-state index in [0.29, 0.717) is 6.04 Å². The highest BCUT2D eigenvalue weighted by molar-refractivity contribution is 7.11. The number of hydrogen-bond acceptors (Lipinski definition) is 2. The number of nitrogens with one attached hydrogen (secondary N) is 1. The van der Waals surface area contributed by atoms with Crippen molar-refractivity contribution in [3.05, 3.63) is 33.5 Å². The van der Waals surface area contributed by atoms with Gasteiger partial charge in [0.15, 0.2) is 0 Å². The SMILES string of the molecule is Cc1ccc(CC(C)NC/C=C/Cl)s1. The molecule has 0 aliphatic carbocycles. The van der Waals surface area contributed by atoms with Crippen molar-refractivity contribution in [2.45, 2.75) is 26.3 Å². The van der Waals surface area contributed by atoms with E-state index in [2.05, 4.69) is 31.3 Å². The Morgan fingerprint density at radius 2 is 2.36 bits per heavy atom. The number of rotatable bonds is 5. The number of hydrogen-bond donors (Lipinski definition) is 1. The molecule has 1 aromatic rings. The predicted molar refractivity (Wildman–Crippen MR) is 65.2 cm³/mol. The average molecular weight is 230 g/mol. The zero-order valence-electron chi connectivity index (χ0n) is 8.59. The molecule has 0 saturated heterocycles. The van der Waals surface area contributed by atoms with E-state index in [1.807, 2.05) is 17.4 Å². The third kappa shape index (κ3) is 4.27. The normalized spacial score (nSPS) is 13.6. The maximum Gasteiger partial charge on any atom is 0.0149 e. The van der Waals surface area contributed by atoms with E-state index in [9.17, 15) is 0 Å². The molecule has 1 N–H and O–H groups in total. The highest BCUT2D eigenvalue weighted by Crippen LogP contribution is 2.16. The lowest BCUT2D eigenvalue weighted by molar-refractivity contribution is 0.585. The zero-order chi connectivity index (χ0) is 10.4. The van der Waals surface area contributed by atoms with Crippen LogP contribution in [0.2, 0.25) is 0 Å². The van der Waals surface area contributed by atoms with Crippen LogP contribution in [-0.2, 0) is 6.42 Å². The Labute approximate surface area is 94.8 Å². The van der Waals surface area contributed by atoms with Crippen LogP contribution in [0.3, 0.4) is 0 Å². The minimum absolute atomic E-state index is 0.501. The maximum atomic E-state index is 5.43. The average Bonchev–Trinajstić information content (AvgIpc) is 2.52. The van der Waals surface area contributed by atoms with Gasteiger partial charge in [0.05, 0.1) is 0 Å². The number of halogens is 1. The highest BCUT2D eigenvalue weighted by atomic mass is 35.5. The molecular formula is C11H16ClNS. The molecule has 0 amide bonds. The lowest BCUT2D eigenvalue weighted by Crippen LogP contribution is -2.27. The maximum absolute atomic E-state index is 5.43. The van der Waals surface area contributed by atoms with Crippen molar-refractivity contribution in [2.24, 2.45) is 0 Å². The van der Waals surface area contributed by atoms with Crippen molar-refractivity contribution >= 4 is 22.9 Å². The third-order valence-corrected chi connectivity index (χ3v) is 3.18. The van der Waals surface area contributed by atoms with Gasteiger partial charge >= 0.3 is 0 Å². The molecule has 1 unspecified atom stereocenters. The van der Waals surface area contributed by atoms with Crippen LogP contribution in [0.15, 0.2) is 23.7 Å². The van der Waals surface area contributed by atoms with E-state index in [1.54, 1.807) is 5.54 Å². The summed E-state index contributed by atoms with van der Waals surface area (Å²) in [5.74, 6) is 0. The lowest BCUT2D eigenvalue weighted by atomic mass is 10.2. The summed E-state index contributed by atoms with van der Waals surface area (Å²) in [6, 6.07) is 4.88. The molecule has 0 bridgehead atoms. The Morgan fingerprint density at radius 3 is 2.93 bits per heavy atom. The van der Waals surface area contributed by atoms with E-state index in [-0.39, 0.29) is 0 Å². The first-order valence-corrected chi connectivity index (χ1v) is 6.01. The lowest BCUT2D eigenvalue weighted by Gasteiger charge is -2.10. The molecule has 1 nitrogen and oxygen atoms in total. The van der Waals surface area contributed by atoms with E-state index < -0.39 is 0 Å². The second-order valence-corrected chi connectivity index (χ2v) is 5.01. The Hall–Kier alpha value is -0.310. The monoisotopic (exact) mass is 229 g/mol. The summed E-state index contributed by atoms with van der Waals surface area (Å²) in [7, 11) is 0. The van der Waals surface area contributed by atoms with Gasteiger partial charge in [-0.2, -0.15) is 0 Å². The summed E-state index contributed by atoms with van der Waals surface area (Å²) in [5.41, 5.74) is 1.55. The molecule has 0 aromatic carbocycles. The molecule has 0 saturated carbocycles. The van der Waals surface area contributed by atoms with Gasteiger partial charge in [-0.1, -0.05) is 17.7 Å². The van der Waals surface area contributed by atoms with Crippen molar-refractivity contribution in [3.8, 4) is 0 Å². The van der Waals surface area contributed by atoms with Crippen LogP contribution in [0, 0.1) is 6.92 Å².